The van der Waals surface area contributed by atoms with E-state index in [1.165, 1.54) is 0 Å². The van der Waals surface area contributed by atoms with Gasteiger partial charge in [0.2, 0.25) is 0 Å². The number of rotatable bonds is 4. The first kappa shape index (κ1) is 11.6. The summed E-state index contributed by atoms with van der Waals surface area (Å²) >= 11 is 0. The number of nitrogens with two attached hydrogens (primary N) is 1. The lowest BCUT2D eigenvalue weighted by Crippen LogP contribution is -2.26. The third kappa shape index (κ3) is 2.43. The maximum absolute atomic E-state index is 11.2. The van der Waals surface area contributed by atoms with Gasteiger partial charge >= 0.3 is 5.97 Å². The maximum Gasteiger partial charge on any atom is 0.328 e. The van der Waals surface area contributed by atoms with Crippen LogP contribution in [-0.2, 0) is 16.2 Å². The summed E-state index contributed by atoms with van der Waals surface area (Å²) in [5.41, 5.74) is 3.81. The lowest BCUT2D eigenvalue weighted by Gasteiger charge is -2.05. The molecule has 2 rings (SSSR count). The van der Waals surface area contributed by atoms with E-state index in [1.807, 2.05) is 41.3 Å². The third-order valence-electron chi connectivity index (χ3n) is 2.56. The summed E-state index contributed by atoms with van der Waals surface area (Å²) in [7, 11) is 0. The largest absolute Gasteiger partial charge is 0.356 e. The zero-order chi connectivity index (χ0) is 12.3. The minimum atomic E-state index is -0.398. The molecule has 0 fully saturated rings. The van der Waals surface area contributed by atoms with Crippen molar-refractivity contribution in [3.05, 3.63) is 30.1 Å². The SMILES string of the molecule is Cc1nc2ccccc2n1CCC(=O)ONN. The first-order chi connectivity index (χ1) is 8.22. The van der Waals surface area contributed by atoms with Gasteiger partial charge < -0.3 is 9.40 Å². The molecular weight excluding hydrogens is 220 g/mol. The van der Waals surface area contributed by atoms with Crippen molar-refractivity contribution >= 4 is 17.0 Å². The molecule has 0 atom stereocenters. The molecule has 0 aliphatic heterocycles. The molecular formula is C11H14N4O2. The number of para-hydroxylation sites is 2. The predicted molar refractivity (Wildman–Crippen MR) is 62.5 cm³/mol. The predicted octanol–water partition coefficient (Wildman–Crippen LogP) is 0.656. The van der Waals surface area contributed by atoms with Crippen molar-refractivity contribution in [3.63, 3.8) is 0 Å². The Morgan fingerprint density at radius 3 is 3.06 bits per heavy atom. The van der Waals surface area contributed by atoms with E-state index in [9.17, 15) is 4.79 Å². The van der Waals surface area contributed by atoms with Crippen LogP contribution in [-0.4, -0.2) is 15.5 Å². The Bertz CT molecular complexity index is 535. The van der Waals surface area contributed by atoms with E-state index in [1.54, 1.807) is 0 Å². The van der Waals surface area contributed by atoms with Crippen LogP contribution in [0.25, 0.3) is 11.0 Å². The fourth-order valence-electron chi connectivity index (χ4n) is 1.80. The van der Waals surface area contributed by atoms with Crippen molar-refractivity contribution in [1.82, 2.24) is 15.1 Å². The zero-order valence-corrected chi connectivity index (χ0v) is 9.51. The molecule has 0 aliphatic rings. The number of nitrogens with one attached hydrogen (secondary N) is 1. The lowest BCUT2D eigenvalue weighted by atomic mass is 10.3. The summed E-state index contributed by atoms with van der Waals surface area (Å²) in [6, 6.07) is 7.80. The summed E-state index contributed by atoms with van der Waals surface area (Å²) in [6.07, 6.45) is 0.241. The van der Waals surface area contributed by atoms with Gasteiger partial charge in [0, 0.05) is 6.54 Å². The van der Waals surface area contributed by atoms with E-state index < -0.39 is 5.97 Å². The molecule has 0 saturated carbocycles. The number of aromatic nitrogens is 2. The molecule has 0 saturated heterocycles. The molecule has 1 aromatic heterocycles. The van der Waals surface area contributed by atoms with Crippen LogP contribution in [0.3, 0.4) is 0 Å². The Kier molecular flexibility index (Phi) is 3.36. The summed E-state index contributed by atoms with van der Waals surface area (Å²) in [6.45, 7) is 2.43. The van der Waals surface area contributed by atoms with Crippen LogP contribution in [0.4, 0.5) is 0 Å². The molecule has 0 unspecified atom stereocenters. The average molecular weight is 234 g/mol. The summed E-state index contributed by atoms with van der Waals surface area (Å²) in [5, 5.41) is 0. The number of hydrogen-bond donors (Lipinski definition) is 2. The van der Waals surface area contributed by atoms with Crippen LogP contribution in [0.5, 0.6) is 0 Å². The molecule has 0 amide bonds. The molecule has 2 aromatic rings. The van der Waals surface area contributed by atoms with E-state index in [0.717, 1.165) is 16.9 Å². The minimum absolute atomic E-state index is 0.241. The number of aryl methyl sites for hydroxylation is 2. The second-order valence-corrected chi connectivity index (χ2v) is 3.64. The highest BCUT2D eigenvalue weighted by Crippen LogP contribution is 2.15. The number of hydrogen-bond acceptors (Lipinski definition) is 5. The van der Waals surface area contributed by atoms with Gasteiger partial charge in [-0.25, -0.2) is 10.8 Å². The molecule has 3 N–H and O–H groups in total. The Balaban J connectivity index is 2.18. The molecule has 90 valence electrons. The minimum Gasteiger partial charge on any atom is -0.356 e. The summed E-state index contributed by atoms with van der Waals surface area (Å²) in [5.74, 6) is 5.36. The number of imidazole rings is 1. The molecule has 6 heteroatoms. The van der Waals surface area contributed by atoms with E-state index in [0.29, 0.717) is 6.54 Å². The number of carbonyl (C=O) groups excluding carboxylic acids is 1. The molecule has 6 nitrogen and oxygen atoms in total. The molecule has 17 heavy (non-hydrogen) atoms. The van der Waals surface area contributed by atoms with Gasteiger partial charge in [-0.2, -0.15) is 0 Å². The topological polar surface area (TPSA) is 82.2 Å². The molecule has 1 heterocycles. The second kappa shape index (κ2) is 4.94. The zero-order valence-electron chi connectivity index (χ0n) is 9.51. The highest BCUT2D eigenvalue weighted by molar-refractivity contribution is 5.76. The van der Waals surface area contributed by atoms with Gasteiger partial charge in [0.05, 0.1) is 17.5 Å². The van der Waals surface area contributed by atoms with Gasteiger partial charge in [0.25, 0.3) is 0 Å². The van der Waals surface area contributed by atoms with Crippen molar-refractivity contribution in [2.75, 3.05) is 0 Å². The Morgan fingerprint density at radius 2 is 2.29 bits per heavy atom. The second-order valence-electron chi connectivity index (χ2n) is 3.64. The van der Waals surface area contributed by atoms with Gasteiger partial charge in [-0.15, -0.1) is 0 Å². The third-order valence-corrected chi connectivity index (χ3v) is 2.56. The Morgan fingerprint density at radius 1 is 1.53 bits per heavy atom. The molecule has 0 aliphatic carbocycles. The van der Waals surface area contributed by atoms with Crippen LogP contribution in [0.1, 0.15) is 12.2 Å². The molecule has 0 spiro atoms. The first-order valence-corrected chi connectivity index (χ1v) is 5.29. The van der Waals surface area contributed by atoms with Crippen molar-refractivity contribution in [1.29, 1.82) is 0 Å². The van der Waals surface area contributed by atoms with Crippen molar-refractivity contribution in [2.45, 2.75) is 19.9 Å². The number of carbonyl (C=O) groups is 1. The van der Waals surface area contributed by atoms with Crippen LogP contribution in [0.15, 0.2) is 24.3 Å². The first-order valence-electron chi connectivity index (χ1n) is 5.29. The molecule has 0 bridgehead atoms. The monoisotopic (exact) mass is 234 g/mol. The average Bonchev–Trinajstić information content (AvgIpc) is 2.62. The molecule has 1 aromatic carbocycles. The van der Waals surface area contributed by atoms with Gasteiger partial charge in [0.1, 0.15) is 5.82 Å². The van der Waals surface area contributed by atoms with E-state index in [4.69, 9.17) is 5.84 Å². The fraction of sp³-hybridized carbons (Fsp3) is 0.273. The quantitative estimate of drug-likeness (QED) is 0.599. The fourth-order valence-corrected chi connectivity index (χ4v) is 1.80. The van der Waals surface area contributed by atoms with Crippen LogP contribution in [0.2, 0.25) is 0 Å². The number of benzene rings is 1. The van der Waals surface area contributed by atoms with Crippen molar-refractivity contribution < 1.29 is 9.63 Å². The van der Waals surface area contributed by atoms with Crippen LogP contribution < -0.4 is 11.4 Å². The highest BCUT2D eigenvalue weighted by atomic mass is 16.7. The molecule has 0 radical (unpaired) electrons. The lowest BCUT2D eigenvalue weighted by molar-refractivity contribution is -0.151. The summed E-state index contributed by atoms with van der Waals surface area (Å²) in [4.78, 5) is 20.0. The normalized spacial score (nSPS) is 10.7. The number of fused-ring (bicyclic) bond motifs is 1. The smallest absolute Gasteiger partial charge is 0.328 e. The van der Waals surface area contributed by atoms with Gasteiger partial charge in [-0.3, -0.25) is 4.79 Å². The van der Waals surface area contributed by atoms with Crippen molar-refractivity contribution in [2.24, 2.45) is 5.84 Å². The van der Waals surface area contributed by atoms with Crippen LogP contribution in [0, 0.1) is 6.92 Å². The Labute approximate surface area is 98.3 Å². The number of nitrogens with zero attached hydrogens (tertiary/aromatic N) is 2. The standard InChI is InChI=1S/C11H14N4O2/c1-8-13-9-4-2-3-5-10(9)15(8)7-6-11(16)17-14-12/h2-5,14H,6-7,12H2,1H3. The van der Waals surface area contributed by atoms with Crippen LogP contribution >= 0.6 is 0 Å². The van der Waals surface area contributed by atoms with Crippen molar-refractivity contribution in [3.8, 4) is 0 Å². The maximum atomic E-state index is 11.2. The van der Waals surface area contributed by atoms with Gasteiger partial charge in [-0.05, 0) is 19.1 Å². The Hall–Kier alpha value is -1.92. The van der Waals surface area contributed by atoms with E-state index in [-0.39, 0.29) is 6.42 Å². The highest BCUT2D eigenvalue weighted by Gasteiger charge is 2.09. The van der Waals surface area contributed by atoms with E-state index >= 15 is 0 Å². The number of hydrazine groups is 1. The van der Waals surface area contributed by atoms with E-state index in [2.05, 4.69) is 9.82 Å². The summed E-state index contributed by atoms with van der Waals surface area (Å²) < 4.78 is 1.98. The van der Waals surface area contributed by atoms with Gasteiger partial charge in [-0.1, -0.05) is 17.7 Å². The van der Waals surface area contributed by atoms with Gasteiger partial charge in [0.15, 0.2) is 0 Å².